The third-order valence-electron chi connectivity index (χ3n) is 4.48. The molecule has 1 aromatic heterocycles. The summed E-state index contributed by atoms with van der Waals surface area (Å²) in [6.07, 6.45) is 1.24. The summed E-state index contributed by atoms with van der Waals surface area (Å²) in [6.45, 7) is 0.768. The molecule has 2 heterocycles. The van der Waals surface area contributed by atoms with E-state index in [1.807, 2.05) is 30.3 Å². The lowest BCUT2D eigenvalue weighted by atomic mass is 10.1. The van der Waals surface area contributed by atoms with E-state index in [-0.39, 0.29) is 16.6 Å². The van der Waals surface area contributed by atoms with Gasteiger partial charge in [0.15, 0.2) is 5.58 Å². The van der Waals surface area contributed by atoms with Crippen molar-refractivity contribution in [2.45, 2.75) is 23.8 Å². The van der Waals surface area contributed by atoms with Crippen molar-refractivity contribution in [1.29, 1.82) is 0 Å². The van der Waals surface area contributed by atoms with Gasteiger partial charge in [-0.05, 0) is 37.1 Å². The van der Waals surface area contributed by atoms with Gasteiger partial charge in [-0.3, -0.25) is 4.98 Å². The van der Waals surface area contributed by atoms with E-state index in [0.29, 0.717) is 31.4 Å². The zero-order chi connectivity index (χ0) is 18.1. The number of hydrogen-bond acceptors (Lipinski definition) is 5. The van der Waals surface area contributed by atoms with Crippen LogP contribution in [-0.4, -0.2) is 36.9 Å². The molecule has 0 bridgehead atoms. The maximum Gasteiger partial charge on any atom is 0.417 e. The number of H-pyrrole nitrogens is 1. The Morgan fingerprint density at radius 2 is 1.81 bits per heavy atom. The van der Waals surface area contributed by atoms with Gasteiger partial charge in [0, 0.05) is 19.2 Å². The Balaban J connectivity index is 1.47. The number of fused-ring (bicyclic) bond motifs is 1. The van der Waals surface area contributed by atoms with E-state index >= 15 is 0 Å². The molecular weight excluding hydrogens is 356 g/mol. The fourth-order valence-corrected chi connectivity index (χ4v) is 4.60. The second kappa shape index (κ2) is 6.62. The fraction of sp³-hybridized carbons (Fsp3) is 0.278. The Labute approximate surface area is 150 Å². The van der Waals surface area contributed by atoms with Crippen molar-refractivity contribution >= 4 is 21.1 Å². The van der Waals surface area contributed by atoms with Crippen LogP contribution in [0.5, 0.6) is 5.75 Å². The van der Waals surface area contributed by atoms with Gasteiger partial charge >= 0.3 is 5.76 Å². The zero-order valence-corrected chi connectivity index (χ0v) is 14.7. The van der Waals surface area contributed by atoms with Gasteiger partial charge < -0.3 is 9.15 Å². The number of oxazole rings is 1. The lowest BCUT2D eigenvalue weighted by Gasteiger charge is -2.31. The summed E-state index contributed by atoms with van der Waals surface area (Å²) in [5.41, 5.74) is 0.710. The van der Waals surface area contributed by atoms with Crippen molar-refractivity contribution in [1.82, 2.24) is 9.29 Å². The van der Waals surface area contributed by atoms with Crippen molar-refractivity contribution in [3.8, 4) is 5.75 Å². The molecule has 2 aromatic carbocycles. The van der Waals surface area contributed by atoms with Crippen LogP contribution in [-0.2, 0) is 10.0 Å². The third kappa shape index (κ3) is 3.25. The molecule has 1 saturated heterocycles. The molecule has 7 nitrogen and oxygen atoms in total. The molecule has 0 saturated carbocycles. The minimum Gasteiger partial charge on any atom is -0.490 e. The number of nitrogens with zero attached hydrogens (tertiary/aromatic N) is 1. The molecule has 1 fully saturated rings. The first-order valence-electron chi connectivity index (χ1n) is 8.37. The topological polar surface area (TPSA) is 92.6 Å². The number of benzene rings is 2. The van der Waals surface area contributed by atoms with Crippen molar-refractivity contribution in [2.24, 2.45) is 0 Å². The molecule has 0 unspecified atom stereocenters. The monoisotopic (exact) mass is 374 g/mol. The van der Waals surface area contributed by atoms with Crippen molar-refractivity contribution in [3.05, 3.63) is 59.1 Å². The lowest BCUT2D eigenvalue weighted by molar-refractivity contribution is 0.135. The maximum atomic E-state index is 12.9. The molecule has 1 aliphatic rings. The van der Waals surface area contributed by atoms with Gasteiger partial charge in [-0.1, -0.05) is 18.2 Å². The number of para-hydroxylation sites is 1. The van der Waals surface area contributed by atoms with E-state index in [4.69, 9.17) is 9.15 Å². The number of aromatic nitrogens is 1. The highest BCUT2D eigenvalue weighted by Crippen LogP contribution is 2.25. The minimum absolute atomic E-state index is 0.00553. The SMILES string of the molecule is O=c1[nH]c2ccc(S(=O)(=O)N3CCC(Oc4ccccc4)CC3)cc2o1. The van der Waals surface area contributed by atoms with Crippen LogP contribution in [0, 0.1) is 0 Å². The first-order valence-corrected chi connectivity index (χ1v) is 9.81. The molecule has 136 valence electrons. The highest BCUT2D eigenvalue weighted by atomic mass is 32.2. The second-order valence-corrected chi connectivity index (χ2v) is 8.14. The van der Waals surface area contributed by atoms with Crippen LogP contribution < -0.4 is 10.5 Å². The molecule has 3 aromatic rings. The summed E-state index contributed by atoms with van der Waals surface area (Å²) in [7, 11) is -3.64. The highest BCUT2D eigenvalue weighted by Gasteiger charge is 2.30. The predicted molar refractivity (Wildman–Crippen MR) is 95.7 cm³/mol. The fourth-order valence-electron chi connectivity index (χ4n) is 3.12. The molecule has 0 atom stereocenters. The molecule has 0 spiro atoms. The first kappa shape index (κ1) is 16.9. The van der Waals surface area contributed by atoms with Gasteiger partial charge in [0.05, 0.1) is 10.4 Å². The summed E-state index contributed by atoms with van der Waals surface area (Å²) in [5, 5.41) is 0. The average molecular weight is 374 g/mol. The minimum atomic E-state index is -3.64. The summed E-state index contributed by atoms with van der Waals surface area (Å²) in [5.74, 6) is 0.190. The maximum absolute atomic E-state index is 12.9. The van der Waals surface area contributed by atoms with Gasteiger partial charge in [0.1, 0.15) is 11.9 Å². The van der Waals surface area contributed by atoms with Gasteiger partial charge in [0.2, 0.25) is 10.0 Å². The van der Waals surface area contributed by atoms with E-state index in [9.17, 15) is 13.2 Å². The number of ether oxygens (including phenoxy) is 1. The largest absolute Gasteiger partial charge is 0.490 e. The van der Waals surface area contributed by atoms with Gasteiger partial charge in [-0.2, -0.15) is 4.31 Å². The molecule has 0 aliphatic carbocycles. The van der Waals surface area contributed by atoms with Gasteiger partial charge in [-0.15, -0.1) is 0 Å². The Morgan fingerprint density at radius 1 is 1.08 bits per heavy atom. The highest BCUT2D eigenvalue weighted by molar-refractivity contribution is 7.89. The second-order valence-electron chi connectivity index (χ2n) is 6.21. The summed E-state index contributed by atoms with van der Waals surface area (Å²) in [6, 6.07) is 13.9. The average Bonchev–Trinajstić information content (AvgIpc) is 3.02. The normalized spacial score (nSPS) is 16.8. The van der Waals surface area contributed by atoms with Gasteiger partial charge in [-0.25, -0.2) is 13.2 Å². The number of sulfonamides is 1. The van der Waals surface area contributed by atoms with Crippen LogP contribution in [0.4, 0.5) is 0 Å². The molecule has 1 N–H and O–H groups in total. The molecule has 8 heteroatoms. The summed E-state index contributed by atoms with van der Waals surface area (Å²) >= 11 is 0. The Kier molecular flexibility index (Phi) is 4.29. The number of nitrogens with one attached hydrogen (secondary N) is 1. The summed E-state index contributed by atoms with van der Waals surface area (Å²) in [4.78, 5) is 13.9. The van der Waals surface area contributed by atoms with Gasteiger partial charge in [0.25, 0.3) is 0 Å². The van der Waals surface area contributed by atoms with E-state index in [2.05, 4.69) is 4.98 Å². The Morgan fingerprint density at radius 3 is 2.54 bits per heavy atom. The number of piperidine rings is 1. The van der Waals surface area contributed by atoms with Crippen LogP contribution >= 0.6 is 0 Å². The number of hydrogen-bond donors (Lipinski definition) is 1. The zero-order valence-electron chi connectivity index (χ0n) is 13.9. The van der Waals surface area contributed by atoms with E-state index in [1.165, 1.54) is 16.4 Å². The standard InChI is InChI=1S/C18H18N2O5S/c21-18-19-16-7-6-15(12-17(16)25-18)26(22,23)20-10-8-14(9-11-20)24-13-4-2-1-3-5-13/h1-7,12,14H,8-11H2,(H,19,21). The third-order valence-corrected chi connectivity index (χ3v) is 6.37. The smallest absolute Gasteiger partial charge is 0.417 e. The van der Waals surface area contributed by atoms with Crippen LogP contribution in [0.15, 0.2) is 62.6 Å². The number of rotatable bonds is 4. The predicted octanol–water partition coefficient (Wildman–Crippen LogP) is 2.35. The van der Waals surface area contributed by atoms with E-state index in [0.717, 1.165) is 5.75 Å². The van der Waals surface area contributed by atoms with Crippen LogP contribution in [0.25, 0.3) is 11.1 Å². The molecule has 4 rings (SSSR count). The Bertz CT molecular complexity index is 1060. The van der Waals surface area contributed by atoms with E-state index < -0.39 is 15.8 Å². The summed E-state index contributed by atoms with van der Waals surface area (Å²) < 4.78 is 38.0. The molecular formula is C18H18N2O5S. The molecule has 0 radical (unpaired) electrons. The lowest BCUT2D eigenvalue weighted by Crippen LogP contribution is -2.41. The molecule has 0 amide bonds. The quantitative estimate of drug-likeness (QED) is 0.757. The van der Waals surface area contributed by atoms with Crippen LogP contribution in [0.3, 0.4) is 0 Å². The molecule has 26 heavy (non-hydrogen) atoms. The first-order chi connectivity index (χ1) is 12.5. The number of aromatic amines is 1. The van der Waals surface area contributed by atoms with Crippen LogP contribution in [0.2, 0.25) is 0 Å². The van der Waals surface area contributed by atoms with Crippen molar-refractivity contribution < 1.29 is 17.6 Å². The van der Waals surface area contributed by atoms with Crippen LogP contribution in [0.1, 0.15) is 12.8 Å². The van der Waals surface area contributed by atoms with E-state index in [1.54, 1.807) is 6.07 Å². The van der Waals surface area contributed by atoms with Crippen molar-refractivity contribution in [3.63, 3.8) is 0 Å². The Hall–Kier alpha value is -2.58. The van der Waals surface area contributed by atoms with Crippen molar-refractivity contribution in [2.75, 3.05) is 13.1 Å². The molecule has 1 aliphatic heterocycles.